The predicted octanol–water partition coefficient (Wildman–Crippen LogP) is 3.37. The molecule has 2 aromatic rings. The smallest absolute Gasteiger partial charge is 0.344 e. The molecule has 0 saturated heterocycles. The van der Waals surface area contributed by atoms with Crippen LogP contribution in [0.25, 0.3) is 0 Å². The first-order chi connectivity index (χ1) is 10.7. The molecule has 2 aromatic heterocycles. The quantitative estimate of drug-likeness (QED) is 0.937. The van der Waals surface area contributed by atoms with Crippen LogP contribution in [-0.4, -0.2) is 20.7 Å². The first-order valence-electron chi connectivity index (χ1n) is 7.07. The molecule has 0 fully saturated rings. The molecule has 2 rings (SSSR count). The number of alkyl halides is 3. The highest BCUT2D eigenvalue weighted by Gasteiger charge is 2.32. The number of carbonyl (C=O) groups excluding carboxylic acids is 1. The van der Waals surface area contributed by atoms with Gasteiger partial charge >= 0.3 is 6.18 Å². The maximum Gasteiger partial charge on any atom is 0.433 e. The molecule has 0 saturated carbocycles. The second kappa shape index (κ2) is 6.39. The summed E-state index contributed by atoms with van der Waals surface area (Å²) in [7, 11) is 0. The number of aromatic nitrogens is 3. The molecule has 0 unspecified atom stereocenters. The lowest BCUT2D eigenvalue weighted by molar-refractivity contribution is -0.141. The van der Waals surface area contributed by atoms with Gasteiger partial charge in [0.05, 0.1) is 6.04 Å². The second-order valence-electron chi connectivity index (χ2n) is 5.42. The fourth-order valence-electron chi connectivity index (χ4n) is 2.09. The Bertz CT molecular complexity index is 677. The Hall–Kier alpha value is -2.38. The number of hydrogen-bond acceptors (Lipinski definition) is 3. The van der Waals surface area contributed by atoms with Gasteiger partial charge in [-0.05, 0) is 38.5 Å². The van der Waals surface area contributed by atoms with E-state index < -0.39 is 17.9 Å². The molecule has 0 radical (unpaired) electrons. The summed E-state index contributed by atoms with van der Waals surface area (Å²) in [5, 5.41) is 6.80. The third kappa shape index (κ3) is 3.88. The van der Waals surface area contributed by atoms with Crippen LogP contribution < -0.4 is 5.32 Å². The Labute approximate surface area is 131 Å². The van der Waals surface area contributed by atoms with Gasteiger partial charge in [-0.3, -0.25) is 14.5 Å². The lowest BCUT2D eigenvalue weighted by atomic mass is 10.1. The minimum Gasteiger partial charge on any atom is -0.344 e. The van der Waals surface area contributed by atoms with Crippen molar-refractivity contribution in [3.63, 3.8) is 0 Å². The lowest BCUT2D eigenvalue weighted by Crippen LogP contribution is -2.29. The molecule has 124 valence electrons. The topological polar surface area (TPSA) is 59.8 Å². The maximum absolute atomic E-state index is 12.5. The summed E-state index contributed by atoms with van der Waals surface area (Å²) in [5.41, 5.74) is -0.0775. The average Bonchev–Trinajstić information content (AvgIpc) is 2.96. The zero-order valence-electron chi connectivity index (χ0n) is 12.9. The molecule has 0 spiro atoms. The van der Waals surface area contributed by atoms with E-state index in [4.69, 9.17) is 0 Å². The molecule has 2 heterocycles. The number of amides is 1. The second-order valence-corrected chi connectivity index (χ2v) is 5.42. The van der Waals surface area contributed by atoms with Crippen molar-refractivity contribution < 1.29 is 18.0 Å². The molecule has 0 bridgehead atoms. The predicted molar refractivity (Wildman–Crippen MR) is 77.7 cm³/mol. The van der Waals surface area contributed by atoms with E-state index in [0.717, 1.165) is 12.3 Å². The number of pyridine rings is 1. The van der Waals surface area contributed by atoms with Gasteiger partial charge in [0.1, 0.15) is 11.4 Å². The van der Waals surface area contributed by atoms with Crippen LogP contribution in [0.3, 0.4) is 0 Å². The van der Waals surface area contributed by atoms with Gasteiger partial charge in [0.15, 0.2) is 0 Å². The summed E-state index contributed by atoms with van der Waals surface area (Å²) in [4.78, 5) is 15.7. The zero-order chi connectivity index (χ0) is 17.2. The molecule has 0 aliphatic carbocycles. The Morgan fingerprint density at radius 2 is 1.91 bits per heavy atom. The molecule has 23 heavy (non-hydrogen) atoms. The fraction of sp³-hybridized carbons (Fsp3) is 0.400. The van der Waals surface area contributed by atoms with Crippen molar-refractivity contribution in [2.75, 3.05) is 0 Å². The van der Waals surface area contributed by atoms with E-state index in [9.17, 15) is 18.0 Å². The standard InChI is InChI=1S/C15H17F3N4O/c1-9(2)22-12(6-7-20-22)14(23)21-10(3)11-4-5-13(19-8-11)15(16,17)18/h4-10H,1-3H3,(H,21,23)/t10-/m1/s1. The van der Waals surface area contributed by atoms with E-state index in [1.54, 1.807) is 17.7 Å². The summed E-state index contributed by atoms with van der Waals surface area (Å²) < 4.78 is 39.1. The first kappa shape index (κ1) is 17.0. The lowest BCUT2D eigenvalue weighted by Gasteiger charge is -2.16. The van der Waals surface area contributed by atoms with E-state index in [-0.39, 0.29) is 11.9 Å². The zero-order valence-corrected chi connectivity index (χ0v) is 12.9. The molecule has 1 amide bonds. The monoisotopic (exact) mass is 326 g/mol. The minimum atomic E-state index is -4.48. The van der Waals surface area contributed by atoms with E-state index >= 15 is 0 Å². The van der Waals surface area contributed by atoms with Crippen LogP contribution in [0.5, 0.6) is 0 Å². The van der Waals surface area contributed by atoms with Gasteiger partial charge in [-0.1, -0.05) is 6.07 Å². The molecule has 8 heteroatoms. The van der Waals surface area contributed by atoms with Crippen LogP contribution in [0.15, 0.2) is 30.6 Å². The third-order valence-electron chi connectivity index (χ3n) is 3.32. The van der Waals surface area contributed by atoms with Crippen molar-refractivity contribution >= 4 is 5.91 Å². The third-order valence-corrected chi connectivity index (χ3v) is 3.32. The van der Waals surface area contributed by atoms with E-state index in [0.29, 0.717) is 11.3 Å². The molecular formula is C15H17F3N4O. The van der Waals surface area contributed by atoms with Gasteiger partial charge in [-0.15, -0.1) is 0 Å². The van der Waals surface area contributed by atoms with Crippen molar-refractivity contribution in [1.29, 1.82) is 0 Å². The van der Waals surface area contributed by atoms with Gasteiger partial charge in [0.25, 0.3) is 5.91 Å². The molecule has 1 atom stereocenters. The van der Waals surface area contributed by atoms with E-state index in [1.807, 2.05) is 13.8 Å². The maximum atomic E-state index is 12.5. The van der Waals surface area contributed by atoms with Crippen LogP contribution in [0.2, 0.25) is 0 Å². The summed E-state index contributed by atoms with van der Waals surface area (Å²) in [6.07, 6.45) is -1.83. The highest BCUT2D eigenvalue weighted by atomic mass is 19.4. The van der Waals surface area contributed by atoms with Gasteiger partial charge in [-0.25, -0.2) is 0 Å². The van der Waals surface area contributed by atoms with E-state index in [2.05, 4.69) is 15.4 Å². The van der Waals surface area contributed by atoms with Crippen LogP contribution in [0.1, 0.15) is 54.6 Å². The number of halogens is 3. The van der Waals surface area contributed by atoms with Crippen LogP contribution >= 0.6 is 0 Å². The van der Waals surface area contributed by atoms with Crippen LogP contribution in [0, 0.1) is 0 Å². The summed E-state index contributed by atoms with van der Waals surface area (Å²) >= 11 is 0. The number of nitrogens with one attached hydrogen (secondary N) is 1. The fourth-order valence-corrected chi connectivity index (χ4v) is 2.09. The van der Waals surface area contributed by atoms with Crippen molar-refractivity contribution in [2.45, 2.75) is 39.0 Å². The average molecular weight is 326 g/mol. The van der Waals surface area contributed by atoms with Crippen LogP contribution in [-0.2, 0) is 6.18 Å². The Morgan fingerprint density at radius 1 is 1.22 bits per heavy atom. The van der Waals surface area contributed by atoms with Crippen molar-refractivity contribution in [2.24, 2.45) is 0 Å². The molecule has 0 aliphatic heterocycles. The van der Waals surface area contributed by atoms with Gasteiger partial charge in [-0.2, -0.15) is 18.3 Å². The van der Waals surface area contributed by atoms with Gasteiger partial charge in [0, 0.05) is 18.4 Å². The summed E-state index contributed by atoms with van der Waals surface area (Å²) in [6.45, 7) is 5.47. The first-order valence-corrected chi connectivity index (χ1v) is 7.07. The van der Waals surface area contributed by atoms with E-state index in [1.165, 1.54) is 12.3 Å². The SMILES string of the molecule is CC(C)n1nccc1C(=O)N[C@H](C)c1ccc(C(F)(F)F)nc1. The van der Waals surface area contributed by atoms with Crippen molar-refractivity contribution in [3.05, 3.63) is 47.5 Å². The van der Waals surface area contributed by atoms with Crippen molar-refractivity contribution in [3.8, 4) is 0 Å². The molecule has 1 N–H and O–H groups in total. The van der Waals surface area contributed by atoms with Gasteiger partial charge in [0.2, 0.25) is 0 Å². The molecular weight excluding hydrogens is 309 g/mol. The summed E-state index contributed by atoms with van der Waals surface area (Å²) in [6, 6.07) is 3.34. The highest BCUT2D eigenvalue weighted by Crippen LogP contribution is 2.27. The largest absolute Gasteiger partial charge is 0.433 e. The number of nitrogens with zero attached hydrogens (tertiary/aromatic N) is 3. The number of hydrogen-bond donors (Lipinski definition) is 1. The molecule has 0 aliphatic rings. The molecule has 5 nitrogen and oxygen atoms in total. The summed E-state index contributed by atoms with van der Waals surface area (Å²) in [5.74, 6) is -0.344. The highest BCUT2D eigenvalue weighted by molar-refractivity contribution is 5.92. The Balaban J connectivity index is 2.11. The van der Waals surface area contributed by atoms with Gasteiger partial charge < -0.3 is 5.32 Å². The number of rotatable bonds is 4. The molecule has 0 aromatic carbocycles. The normalized spacial score (nSPS) is 13.2. The minimum absolute atomic E-state index is 0.0220. The van der Waals surface area contributed by atoms with Crippen LogP contribution in [0.4, 0.5) is 13.2 Å². The van der Waals surface area contributed by atoms with Crippen molar-refractivity contribution in [1.82, 2.24) is 20.1 Å². The Kier molecular flexibility index (Phi) is 4.72. The Morgan fingerprint density at radius 3 is 2.43 bits per heavy atom. The number of carbonyl (C=O) groups is 1.